The van der Waals surface area contributed by atoms with Crippen molar-refractivity contribution in [2.24, 2.45) is 5.10 Å². The van der Waals surface area contributed by atoms with Gasteiger partial charge >= 0.3 is 5.97 Å². The summed E-state index contributed by atoms with van der Waals surface area (Å²) >= 11 is 0. The van der Waals surface area contributed by atoms with Crippen LogP contribution in [0.4, 0.5) is 0 Å². The topological polar surface area (TPSA) is 86.7 Å². The van der Waals surface area contributed by atoms with Crippen molar-refractivity contribution in [2.75, 3.05) is 7.11 Å². The van der Waals surface area contributed by atoms with Gasteiger partial charge in [0.05, 0.1) is 29.8 Å². The molecule has 1 fully saturated rings. The summed E-state index contributed by atoms with van der Waals surface area (Å²) in [6.07, 6.45) is 7.05. The third-order valence-electron chi connectivity index (χ3n) is 6.27. The quantitative estimate of drug-likeness (QED) is 0.298. The van der Waals surface area contributed by atoms with Crippen LogP contribution in [0.5, 0.6) is 0 Å². The van der Waals surface area contributed by atoms with E-state index in [1.807, 2.05) is 24.3 Å². The Bertz CT molecular complexity index is 1410. The van der Waals surface area contributed by atoms with Crippen LogP contribution in [0, 0.1) is 0 Å². The maximum absolute atomic E-state index is 13.3. The highest BCUT2D eigenvalue weighted by Gasteiger charge is 2.22. The predicted molar refractivity (Wildman–Crippen MR) is 130 cm³/mol. The molecule has 0 unspecified atom stereocenters. The molecule has 0 saturated heterocycles. The number of nitrogens with zero attached hydrogens (tertiary/aromatic N) is 3. The van der Waals surface area contributed by atoms with Gasteiger partial charge in [0.25, 0.3) is 5.56 Å². The summed E-state index contributed by atoms with van der Waals surface area (Å²) in [5.74, 6) is 1.69. The number of carbonyl (C=O) groups is 1. The molecule has 7 nitrogen and oxygen atoms in total. The van der Waals surface area contributed by atoms with Gasteiger partial charge in [0.2, 0.25) is 0 Å². The number of aromatic nitrogens is 2. The molecule has 7 heteroatoms. The van der Waals surface area contributed by atoms with Gasteiger partial charge in [0.15, 0.2) is 0 Å². The third-order valence-corrected chi connectivity index (χ3v) is 6.27. The first-order chi connectivity index (χ1) is 16.6. The van der Waals surface area contributed by atoms with Crippen LogP contribution < -0.4 is 5.56 Å². The fraction of sp³-hybridized carbons (Fsp3) is 0.259. The number of carbonyl (C=O) groups excluding carboxylic acids is 1. The van der Waals surface area contributed by atoms with Crippen LogP contribution in [-0.2, 0) is 4.74 Å². The second-order valence-electron chi connectivity index (χ2n) is 8.45. The Kier molecular flexibility index (Phi) is 6.08. The molecule has 4 aromatic rings. The number of methoxy groups -OCH3 is 1. The summed E-state index contributed by atoms with van der Waals surface area (Å²) in [6.45, 7) is 0. The SMILES string of the molecule is COC(=O)c1ccc(-c2ccc(C=Nn3c(C4CCCCC4)nc4ccccc4c3=O)o2)cc1. The summed E-state index contributed by atoms with van der Waals surface area (Å²) in [5, 5.41) is 5.06. The summed E-state index contributed by atoms with van der Waals surface area (Å²) in [7, 11) is 1.35. The fourth-order valence-corrected chi connectivity index (χ4v) is 4.46. The van der Waals surface area contributed by atoms with E-state index in [0.717, 1.165) is 31.2 Å². The Morgan fingerprint density at radius 1 is 1.06 bits per heavy atom. The first-order valence-corrected chi connectivity index (χ1v) is 11.5. The van der Waals surface area contributed by atoms with Crippen LogP contribution >= 0.6 is 0 Å². The monoisotopic (exact) mass is 455 g/mol. The Morgan fingerprint density at radius 3 is 2.59 bits per heavy atom. The van der Waals surface area contributed by atoms with Crippen LogP contribution in [0.2, 0.25) is 0 Å². The molecule has 1 aliphatic rings. The van der Waals surface area contributed by atoms with E-state index in [9.17, 15) is 9.59 Å². The van der Waals surface area contributed by atoms with Crippen molar-refractivity contribution in [3.8, 4) is 11.3 Å². The number of fused-ring (bicyclic) bond motifs is 1. The second kappa shape index (κ2) is 9.47. The average Bonchev–Trinajstić information content (AvgIpc) is 3.37. The minimum atomic E-state index is -0.387. The zero-order valence-electron chi connectivity index (χ0n) is 18.9. The van der Waals surface area contributed by atoms with E-state index in [1.54, 1.807) is 42.6 Å². The molecule has 0 aliphatic heterocycles. The Hall–Kier alpha value is -4.00. The Balaban J connectivity index is 1.47. The van der Waals surface area contributed by atoms with Crippen molar-refractivity contribution < 1.29 is 13.9 Å². The first-order valence-electron chi connectivity index (χ1n) is 11.5. The molecule has 0 N–H and O–H groups in total. The number of furan rings is 1. The highest BCUT2D eigenvalue weighted by atomic mass is 16.5. The Morgan fingerprint density at radius 2 is 1.82 bits per heavy atom. The molecule has 34 heavy (non-hydrogen) atoms. The standard InChI is InChI=1S/C27H25N3O4/c1-33-27(32)20-13-11-18(12-14-20)24-16-15-21(34-24)17-28-30-25(19-7-3-2-4-8-19)29-23-10-6-5-9-22(23)26(30)31/h5-6,9-17,19H,2-4,7-8H2,1H3. The smallest absolute Gasteiger partial charge is 0.337 e. The highest BCUT2D eigenvalue weighted by molar-refractivity contribution is 5.90. The van der Waals surface area contributed by atoms with Crippen LogP contribution in [0.15, 0.2) is 75.0 Å². The number of hydrogen-bond acceptors (Lipinski definition) is 6. The van der Waals surface area contributed by atoms with Crippen molar-refractivity contribution in [1.29, 1.82) is 0 Å². The molecule has 0 atom stereocenters. The van der Waals surface area contributed by atoms with E-state index in [2.05, 4.69) is 5.10 Å². The lowest BCUT2D eigenvalue weighted by molar-refractivity contribution is 0.0600. The molecule has 1 saturated carbocycles. The van der Waals surface area contributed by atoms with Gasteiger partial charge in [-0.15, -0.1) is 0 Å². The lowest BCUT2D eigenvalue weighted by atomic mass is 9.88. The summed E-state index contributed by atoms with van der Waals surface area (Å²) < 4.78 is 12.1. The van der Waals surface area contributed by atoms with Crippen molar-refractivity contribution in [1.82, 2.24) is 9.66 Å². The number of rotatable bonds is 5. The number of ether oxygens (including phenoxy) is 1. The van der Waals surface area contributed by atoms with Gasteiger partial charge in [-0.2, -0.15) is 9.78 Å². The molecular formula is C27H25N3O4. The maximum Gasteiger partial charge on any atom is 0.337 e. The van der Waals surface area contributed by atoms with Gasteiger partial charge in [-0.05, 0) is 49.2 Å². The third kappa shape index (κ3) is 4.29. The van der Waals surface area contributed by atoms with E-state index in [-0.39, 0.29) is 17.4 Å². The van der Waals surface area contributed by atoms with E-state index in [0.29, 0.717) is 33.8 Å². The zero-order chi connectivity index (χ0) is 23.5. The second-order valence-corrected chi connectivity index (χ2v) is 8.45. The molecule has 2 aromatic carbocycles. The minimum absolute atomic E-state index is 0.174. The van der Waals surface area contributed by atoms with Gasteiger partial charge in [0, 0.05) is 11.5 Å². The molecule has 0 amide bonds. The normalized spacial score (nSPS) is 14.6. The van der Waals surface area contributed by atoms with Crippen molar-refractivity contribution in [3.05, 3.63) is 88.2 Å². The maximum atomic E-state index is 13.3. The largest absolute Gasteiger partial charge is 0.465 e. The predicted octanol–water partition coefficient (Wildman–Crippen LogP) is 5.37. The van der Waals surface area contributed by atoms with Crippen LogP contribution in [-0.4, -0.2) is 29.0 Å². The molecule has 5 rings (SSSR count). The van der Waals surface area contributed by atoms with Gasteiger partial charge in [-0.1, -0.05) is 43.5 Å². The number of hydrogen-bond donors (Lipinski definition) is 0. The molecule has 2 aromatic heterocycles. The van der Waals surface area contributed by atoms with Crippen LogP contribution in [0.3, 0.4) is 0 Å². The number of esters is 1. The summed E-state index contributed by atoms with van der Waals surface area (Å²) in [5.41, 5.74) is 1.82. The van der Waals surface area contributed by atoms with Gasteiger partial charge in [-0.25, -0.2) is 9.78 Å². The molecule has 172 valence electrons. The van der Waals surface area contributed by atoms with E-state index in [1.165, 1.54) is 18.2 Å². The van der Waals surface area contributed by atoms with Crippen molar-refractivity contribution in [3.63, 3.8) is 0 Å². The lowest BCUT2D eigenvalue weighted by Crippen LogP contribution is -2.25. The first kappa shape index (κ1) is 21.8. The molecule has 2 heterocycles. The highest BCUT2D eigenvalue weighted by Crippen LogP contribution is 2.31. The van der Waals surface area contributed by atoms with Crippen LogP contribution in [0.1, 0.15) is 60.0 Å². The van der Waals surface area contributed by atoms with E-state index < -0.39 is 0 Å². The van der Waals surface area contributed by atoms with E-state index >= 15 is 0 Å². The fourth-order valence-electron chi connectivity index (χ4n) is 4.46. The lowest BCUT2D eigenvalue weighted by Gasteiger charge is -2.22. The van der Waals surface area contributed by atoms with Gasteiger partial charge in [0.1, 0.15) is 17.3 Å². The molecule has 0 radical (unpaired) electrons. The van der Waals surface area contributed by atoms with E-state index in [4.69, 9.17) is 14.1 Å². The molecule has 1 aliphatic carbocycles. The summed E-state index contributed by atoms with van der Waals surface area (Å²) in [6, 6.07) is 18.0. The summed E-state index contributed by atoms with van der Waals surface area (Å²) in [4.78, 5) is 29.8. The molecule has 0 spiro atoms. The van der Waals surface area contributed by atoms with Gasteiger partial charge in [-0.3, -0.25) is 4.79 Å². The number of para-hydroxylation sites is 1. The van der Waals surface area contributed by atoms with Crippen LogP contribution in [0.25, 0.3) is 22.2 Å². The average molecular weight is 456 g/mol. The molecule has 0 bridgehead atoms. The Labute approximate surface area is 196 Å². The minimum Gasteiger partial charge on any atom is -0.465 e. The van der Waals surface area contributed by atoms with Crippen molar-refractivity contribution in [2.45, 2.75) is 38.0 Å². The molecular weight excluding hydrogens is 430 g/mol. The number of benzene rings is 2. The van der Waals surface area contributed by atoms with Gasteiger partial charge < -0.3 is 9.15 Å². The zero-order valence-corrected chi connectivity index (χ0v) is 18.9. The van der Waals surface area contributed by atoms with Crippen molar-refractivity contribution >= 4 is 23.1 Å².